The van der Waals surface area contributed by atoms with Crippen LogP contribution in [0.25, 0.3) is 0 Å². The molecule has 0 bridgehead atoms. The maximum absolute atomic E-state index is 11.9. The molecule has 0 unspecified atom stereocenters. The van der Waals surface area contributed by atoms with Crippen LogP contribution in [0.5, 0.6) is 0 Å². The maximum Gasteiger partial charge on any atom is 0.338 e. The number of carbonyl (C=O) groups excluding carboxylic acids is 1. The molecule has 1 aliphatic carbocycles. The van der Waals surface area contributed by atoms with Gasteiger partial charge < -0.3 is 19.2 Å². The van der Waals surface area contributed by atoms with E-state index in [9.17, 15) is 9.59 Å². The van der Waals surface area contributed by atoms with Crippen LogP contribution in [-0.2, 0) is 4.74 Å². The van der Waals surface area contributed by atoms with Crippen LogP contribution >= 0.6 is 0 Å². The van der Waals surface area contributed by atoms with Gasteiger partial charge in [-0.05, 0) is 18.8 Å². The first-order valence-electron chi connectivity index (χ1n) is 6.23. The zero-order valence-corrected chi connectivity index (χ0v) is 10.8. The third-order valence-electron chi connectivity index (χ3n) is 3.03. The van der Waals surface area contributed by atoms with E-state index >= 15 is 0 Å². The summed E-state index contributed by atoms with van der Waals surface area (Å²) in [5.41, 5.74) is -0.0262. The Morgan fingerprint density at radius 3 is 2.84 bits per heavy atom. The van der Waals surface area contributed by atoms with Crippen molar-refractivity contribution in [2.45, 2.75) is 12.8 Å². The molecule has 104 valence electrons. The van der Waals surface area contributed by atoms with Gasteiger partial charge in [0, 0.05) is 26.3 Å². The first-order valence-corrected chi connectivity index (χ1v) is 6.23. The van der Waals surface area contributed by atoms with Gasteiger partial charge in [-0.2, -0.15) is 0 Å². The molecule has 1 aliphatic rings. The molecule has 1 heterocycles. The van der Waals surface area contributed by atoms with E-state index in [0.29, 0.717) is 19.1 Å². The summed E-state index contributed by atoms with van der Waals surface area (Å²) in [5, 5.41) is 8.74. The lowest BCUT2D eigenvalue weighted by Crippen LogP contribution is -2.30. The number of furan rings is 1. The van der Waals surface area contributed by atoms with E-state index in [1.165, 1.54) is 23.8 Å². The van der Waals surface area contributed by atoms with Crippen LogP contribution in [0.2, 0.25) is 0 Å². The van der Waals surface area contributed by atoms with Crippen molar-refractivity contribution in [1.29, 1.82) is 0 Å². The topological polar surface area (TPSA) is 80.0 Å². The molecule has 19 heavy (non-hydrogen) atoms. The van der Waals surface area contributed by atoms with Crippen LogP contribution in [0.3, 0.4) is 0 Å². The number of carbonyl (C=O) groups is 2. The van der Waals surface area contributed by atoms with Gasteiger partial charge in [0.2, 0.25) is 0 Å². The Balaban J connectivity index is 1.77. The molecule has 2 rings (SSSR count). The van der Waals surface area contributed by atoms with Gasteiger partial charge in [0.15, 0.2) is 5.76 Å². The second-order valence-corrected chi connectivity index (χ2v) is 4.75. The molecule has 1 saturated carbocycles. The summed E-state index contributed by atoms with van der Waals surface area (Å²) in [4.78, 5) is 24.0. The summed E-state index contributed by atoms with van der Waals surface area (Å²) >= 11 is 0. The van der Waals surface area contributed by atoms with E-state index in [2.05, 4.69) is 0 Å². The number of rotatable bonds is 7. The third kappa shape index (κ3) is 3.82. The molecule has 1 aromatic heterocycles. The molecule has 0 saturated heterocycles. The monoisotopic (exact) mass is 267 g/mol. The highest BCUT2D eigenvalue weighted by molar-refractivity contribution is 5.95. The Kier molecular flexibility index (Phi) is 4.21. The Morgan fingerprint density at radius 2 is 2.26 bits per heavy atom. The minimum absolute atomic E-state index is 0.0262. The highest BCUT2D eigenvalue weighted by Gasteiger charge is 2.21. The zero-order valence-electron chi connectivity index (χ0n) is 10.8. The Bertz CT molecular complexity index is 463. The molecule has 1 fully saturated rings. The minimum Gasteiger partial charge on any atom is -0.478 e. The van der Waals surface area contributed by atoms with Crippen LogP contribution in [-0.4, -0.2) is 48.7 Å². The van der Waals surface area contributed by atoms with Crippen LogP contribution in [0, 0.1) is 5.92 Å². The number of carboxylic acid groups (broad SMARTS) is 1. The second kappa shape index (κ2) is 5.88. The Hall–Kier alpha value is -1.82. The predicted molar refractivity (Wildman–Crippen MR) is 66.2 cm³/mol. The van der Waals surface area contributed by atoms with Crippen molar-refractivity contribution >= 4 is 11.9 Å². The zero-order chi connectivity index (χ0) is 13.8. The number of ether oxygens (including phenoxy) is 1. The van der Waals surface area contributed by atoms with E-state index in [4.69, 9.17) is 14.3 Å². The molecule has 0 aromatic carbocycles. The van der Waals surface area contributed by atoms with Gasteiger partial charge in [-0.1, -0.05) is 0 Å². The summed E-state index contributed by atoms with van der Waals surface area (Å²) in [7, 11) is 1.63. The van der Waals surface area contributed by atoms with E-state index in [0.717, 1.165) is 12.9 Å². The van der Waals surface area contributed by atoms with Crippen molar-refractivity contribution in [1.82, 2.24) is 4.90 Å². The molecule has 0 spiro atoms. The fraction of sp³-hybridized carbons (Fsp3) is 0.538. The third-order valence-corrected chi connectivity index (χ3v) is 3.03. The van der Waals surface area contributed by atoms with E-state index in [1.54, 1.807) is 7.05 Å². The highest BCUT2D eigenvalue weighted by Crippen LogP contribution is 2.28. The average Bonchev–Trinajstić information content (AvgIpc) is 3.06. The minimum atomic E-state index is -1.11. The number of aromatic carboxylic acids is 1. The van der Waals surface area contributed by atoms with Gasteiger partial charge in [0.05, 0.1) is 12.2 Å². The molecule has 0 radical (unpaired) electrons. The maximum atomic E-state index is 11.9. The van der Waals surface area contributed by atoms with Crippen LogP contribution in [0.15, 0.2) is 16.7 Å². The van der Waals surface area contributed by atoms with Gasteiger partial charge in [-0.25, -0.2) is 4.79 Å². The van der Waals surface area contributed by atoms with Crippen molar-refractivity contribution in [3.8, 4) is 0 Å². The number of hydrogen-bond acceptors (Lipinski definition) is 4. The van der Waals surface area contributed by atoms with E-state index in [1.807, 2.05) is 0 Å². The van der Waals surface area contributed by atoms with Crippen molar-refractivity contribution in [3.63, 3.8) is 0 Å². The molecule has 1 aromatic rings. The molecule has 1 amide bonds. The lowest BCUT2D eigenvalue weighted by molar-refractivity contribution is 0.0653. The van der Waals surface area contributed by atoms with Gasteiger partial charge in [0.25, 0.3) is 5.91 Å². The Labute approximate surface area is 110 Å². The molecule has 0 atom stereocenters. The van der Waals surface area contributed by atoms with E-state index in [-0.39, 0.29) is 17.2 Å². The summed E-state index contributed by atoms with van der Waals surface area (Å²) in [6.45, 7) is 1.69. The standard InChI is InChI=1S/C13H17NO5/c1-14(4-5-18-7-9-2-3-9)12(15)11-6-10(8-19-11)13(16)17/h6,8-9H,2-5,7H2,1H3,(H,16,17). The molecule has 6 nitrogen and oxygen atoms in total. The van der Waals surface area contributed by atoms with Gasteiger partial charge in [0.1, 0.15) is 6.26 Å². The van der Waals surface area contributed by atoms with Crippen LogP contribution in [0.4, 0.5) is 0 Å². The lowest BCUT2D eigenvalue weighted by Gasteiger charge is -2.15. The number of carboxylic acids is 1. The van der Waals surface area contributed by atoms with Crippen molar-refractivity contribution in [2.75, 3.05) is 26.8 Å². The molecular formula is C13H17NO5. The normalized spacial score (nSPS) is 14.4. The number of likely N-dealkylation sites (N-methyl/N-ethyl adjacent to an activating group) is 1. The summed E-state index contributed by atoms with van der Waals surface area (Å²) in [6, 6.07) is 1.23. The molecule has 0 aliphatic heterocycles. The Morgan fingerprint density at radius 1 is 1.53 bits per heavy atom. The first kappa shape index (κ1) is 13.6. The van der Waals surface area contributed by atoms with Crippen molar-refractivity contribution in [2.24, 2.45) is 5.92 Å². The first-order chi connectivity index (χ1) is 9.08. The fourth-order valence-electron chi connectivity index (χ4n) is 1.59. The van der Waals surface area contributed by atoms with Crippen LogP contribution in [0.1, 0.15) is 33.8 Å². The van der Waals surface area contributed by atoms with Crippen LogP contribution < -0.4 is 0 Å². The second-order valence-electron chi connectivity index (χ2n) is 4.75. The predicted octanol–water partition coefficient (Wildman–Crippen LogP) is 1.48. The van der Waals surface area contributed by atoms with Crippen molar-refractivity contribution in [3.05, 3.63) is 23.7 Å². The average molecular weight is 267 g/mol. The fourth-order valence-corrected chi connectivity index (χ4v) is 1.59. The summed E-state index contributed by atoms with van der Waals surface area (Å²) in [5.74, 6) is -0.730. The van der Waals surface area contributed by atoms with Crippen molar-refractivity contribution < 1.29 is 23.8 Å². The van der Waals surface area contributed by atoms with Gasteiger partial charge in [-0.3, -0.25) is 4.79 Å². The van der Waals surface area contributed by atoms with E-state index < -0.39 is 5.97 Å². The SMILES string of the molecule is CN(CCOCC1CC1)C(=O)c1cc(C(=O)O)co1. The highest BCUT2D eigenvalue weighted by atomic mass is 16.5. The lowest BCUT2D eigenvalue weighted by atomic mass is 10.3. The quantitative estimate of drug-likeness (QED) is 0.757. The van der Waals surface area contributed by atoms with Gasteiger partial charge in [-0.15, -0.1) is 0 Å². The smallest absolute Gasteiger partial charge is 0.338 e. The van der Waals surface area contributed by atoms with Gasteiger partial charge >= 0.3 is 5.97 Å². The summed E-state index contributed by atoms with van der Waals surface area (Å²) in [6.07, 6.45) is 3.53. The number of hydrogen-bond donors (Lipinski definition) is 1. The molecule has 6 heteroatoms. The number of amides is 1. The molecule has 1 N–H and O–H groups in total. The summed E-state index contributed by atoms with van der Waals surface area (Å²) < 4.78 is 10.4. The molecular weight excluding hydrogens is 250 g/mol. The number of nitrogens with zero attached hydrogens (tertiary/aromatic N) is 1. The largest absolute Gasteiger partial charge is 0.478 e.